The highest BCUT2D eigenvalue weighted by atomic mass is 79.9. The summed E-state index contributed by atoms with van der Waals surface area (Å²) in [6, 6.07) is 12.4. The van der Waals surface area contributed by atoms with E-state index in [1.807, 2.05) is 41.5 Å². The highest BCUT2D eigenvalue weighted by molar-refractivity contribution is 9.10. The summed E-state index contributed by atoms with van der Waals surface area (Å²) in [6.07, 6.45) is -5.23. The van der Waals surface area contributed by atoms with Gasteiger partial charge in [0.2, 0.25) is 0 Å². The molecule has 0 radical (unpaired) electrons. The van der Waals surface area contributed by atoms with Crippen molar-refractivity contribution in [2.75, 3.05) is 13.1 Å². The average molecular weight is 661 g/mol. The molecule has 0 aliphatic heterocycles. The molecule has 1 N–H and O–H groups in total. The smallest absolute Gasteiger partial charge is 0.457 e. The predicted octanol–water partition coefficient (Wildman–Crippen LogP) is 8.45. The first-order valence-corrected chi connectivity index (χ1v) is 13.6. The number of pyridine rings is 1. The number of aromatic nitrogens is 1. The number of alkyl halides is 3. The Bertz CT molecular complexity index is 1300. The summed E-state index contributed by atoms with van der Waals surface area (Å²) in [5.41, 5.74) is 2.75. The molecule has 224 valence electrons. The molecule has 0 bridgehead atoms. The van der Waals surface area contributed by atoms with Gasteiger partial charge in [0.05, 0.1) is 10.2 Å². The van der Waals surface area contributed by atoms with Gasteiger partial charge in [0, 0.05) is 36.4 Å². The first-order chi connectivity index (χ1) is 18.7. The number of hydrogen-bond acceptors (Lipinski definition) is 6. The normalized spacial score (nSPS) is 11.3. The predicted molar refractivity (Wildman–Crippen MR) is 158 cm³/mol. The second kappa shape index (κ2) is 14.7. The summed E-state index contributed by atoms with van der Waals surface area (Å²) < 4.78 is 53.4. The lowest BCUT2D eigenvalue weighted by Gasteiger charge is -2.27. The molecule has 0 spiro atoms. The third kappa shape index (κ3) is 9.79. The van der Waals surface area contributed by atoms with Crippen LogP contribution < -0.4 is 19.5 Å². The van der Waals surface area contributed by atoms with Crippen molar-refractivity contribution in [3.05, 3.63) is 64.4 Å². The van der Waals surface area contributed by atoms with Crippen molar-refractivity contribution < 1.29 is 32.2 Å². The maximum Gasteiger partial charge on any atom is 0.573 e. The van der Waals surface area contributed by atoms with Crippen LogP contribution in [0, 0.1) is 13.8 Å². The number of benzene rings is 2. The van der Waals surface area contributed by atoms with Crippen LogP contribution in [0.15, 0.2) is 53.0 Å². The zero-order valence-corrected chi connectivity index (χ0v) is 26.0. The Hall–Kier alpha value is -3.02. The monoisotopic (exact) mass is 659 g/mol. The average Bonchev–Trinajstić information content (AvgIpc) is 2.85. The molecule has 0 atom stereocenters. The second-order valence-corrected chi connectivity index (χ2v) is 10.5. The van der Waals surface area contributed by atoms with E-state index in [0.29, 0.717) is 57.8 Å². The molecule has 1 heterocycles. The molecule has 0 aliphatic rings. The van der Waals surface area contributed by atoms with Gasteiger partial charge in [-0.25, -0.2) is 4.79 Å². The van der Waals surface area contributed by atoms with Crippen molar-refractivity contribution in [3.8, 4) is 34.1 Å². The molecular formula is C29H34BrClF3N3O4. The highest BCUT2D eigenvalue weighted by Crippen LogP contribution is 2.41. The van der Waals surface area contributed by atoms with E-state index in [1.54, 1.807) is 29.2 Å². The Morgan fingerprint density at radius 1 is 0.951 bits per heavy atom. The molecule has 3 rings (SSSR count). The number of aryl methyl sites for hydroxylation is 2. The van der Waals surface area contributed by atoms with E-state index in [2.05, 4.69) is 31.0 Å². The summed E-state index contributed by atoms with van der Waals surface area (Å²) in [7, 11) is 0. The van der Waals surface area contributed by atoms with Gasteiger partial charge in [0.25, 0.3) is 0 Å². The van der Waals surface area contributed by atoms with E-state index in [0.717, 1.165) is 5.56 Å². The van der Waals surface area contributed by atoms with Crippen LogP contribution >= 0.6 is 28.3 Å². The minimum Gasteiger partial charge on any atom is -0.457 e. The van der Waals surface area contributed by atoms with E-state index in [9.17, 15) is 18.0 Å². The molecule has 3 aromatic rings. The first-order valence-electron chi connectivity index (χ1n) is 12.8. The maximum absolute atomic E-state index is 13.3. The number of amides is 1. The summed E-state index contributed by atoms with van der Waals surface area (Å²) in [6.45, 7) is 12.7. The van der Waals surface area contributed by atoms with E-state index in [1.165, 1.54) is 24.3 Å². The Morgan fingerprint density at radius 2 is 1.49 bits per heavy atom. The number of carbonyl (C=O) groups excluding carboxylic acids is 1. The van der Waals surface area contributed by atoms with Gasteiger partial charge < -0.3 is 24.4 Å². The van der Waals surface area contributed by atoms with Crippen LogP contribution in [-0.2, 0) is 0 Å². The van der Waals surface area contributed by atoms with Crippen molar-refractivity contribution in [2.24, 2.45) is 0 Å². The van der Waals surface area contributed by atoms with Crippen LogP contribution in [0.3, 0.4) is 0 Å². The lowest BCUT2D eigenvalue weighted by atomic mass is 10.0. The van der Waals surface area contributed by atoms with Gasteiger partial charge in [0.15, 0.2) is 5.75 Å². The van der Waals surface area contributed by atoms with Crippen molar-refractivity contribution in [1.82, 2.24) is 15.2 Å². The Labute approximate surface area is 252 Å². The fourth-order valence-electron chi connectivity index (χ4n) is 3.95. The van der Waals surface area contributed by atoms with Crippen LogP contribution in [-0.4, -0.2) is 47.5 Å². The third-order valence-electron chi connectivity index (χ3n) is 5.83. The van der Waals surface area contributed by atoms with Crippen molar-refractivity contribution in [2.45, 2.75) is 60.0 Å². The number of carbonyl (C=O) groups is 1. The molecule has 0 saturated carbocycles. The summed E-state index contributed by atoms with van der Waals surface area (Å²) >= 11 is 3.56. The lowest BCUT2D eigenvalue weighted by Crippen LogP contribution is -2.44. The van der Waals surface area contributed by atoms with Crippen molar-refractivity contribution in [3.63, 3.8) is 0 Å². The van der Waals surface area contributed by atoms with E-state index >= 15 is 0 Å². The van der Waals surface area contributed by atoms with Gasteiger partial charge >= 0.3 is 12.5 Å². The minimum absolute atomic E-state index is 0. The maximum atomic E-state index is 13.3. The molecule has 0 fully saturated rings. The minimum atomic E-state index is -4.76. The summed E-state index contributed by atoms with van der Waals surface area (Å²) in [5.74, 6) is 0.838. The summed E-state index contributed by atoms with van der Waals surface area (Å²) in [5, 5.41) is 3.32. The summed E-state index contributed by atoms with van der Waals surface area (Å²) in [4.78, 5) is 19.6. The number of ether oxygens (including phenoxy) is 3. The van der Waals surface area contributed by atoms with Crippen molar-refractivity contribution >= 4 is 34.4 Å². The Balaban J connectivity index is 0.00000588. The fourth-order valence-corrected chi connectivity index (χ4v) is 4.31. The van der Waals surface area contributed by atoms with Gasteiger partial charge in [-0.15, -0.1) is 25.6 Å². The first kappa shape index (κ1) is 34.2. The molecule has 0 saturated heterocycles. The Kier molecular flexibility index (Phi) is 12.3. The number of nitrogens with zero attached hydrogens (tertiary/aromatic N) is 2. The van der Waals surface area contributed by atoms with E-state index in [4.69, 9.17) is 9.47 Å². The van der Waals surface area contributed by atoms with Crippen LogP contribution in [0.2, 0.25) is 0 Å². The van der Waals surface area contributed by atoms with Gasteiger partial charge in [-0.05, 0) is 85.6 Å². The highest BCUT2D eigenvalue weighted by Gasteiger charge is 2.31. The van der Waals surface area contributed by atoms with Crippen LogP contribution in [0.4, 0.5) is 18.0 Å². The molecule has 0 unspecified atom stereocenters. The molecular weight excluding hydrogens is 627 g/mol. The molecule has 0 aliphatic carbocycles. The van der Waals surface area contributed by atoms with E-state index in [-0.39, 0.29) is 24.2 Å². The molecule has 7 nitrogen and oxygen atoms in total. The van der Waals surface area contributed by atoms with Gasteiger partial charge in [-0.3, -0.25) is 4.98 Å². The van der Waals surface area contributed by atoms with Gasteiger partial charge in [-0.2, -0.15) is 0 Å². The van der Waals surface area contributed by atoms with Crippen LogP contribution in [0.5, 0.6) is 23.0 Å². The van der Waals surface area contributed by atoms with Crippen LogP contribution in [0.1, 0.15) is 39.1 Å². The molecule has 12 heteroatoms. The quantitative estimate of drug-likeness (QED) is 0.235. The fraction of sp³-hybridized carbons (Fsp3) is 0.379. The number of rotatable bonds is 10. The number of hydrogen-bond donors (Lipinski definition) is 1. The number of halogens is 5. The van der Waals surface area contributed by atoms with E-state index < -0.39 is 12.5 Å². The standard InChI is InChI=1S/C29H33BrF3N3O4.ClH/c1-17(2)34-15-16-36(18(3)4)28(37)39-27-25(19(5)35-20(6)26(27)30)21-7-9-22(10-8-21)38-23-11-13-24(14-12-23)40-29(31,32)33;/h7-14,17-18,34H,15-16H2,1-6H3;1H. The van der Waals surface area contributed by atoms with Crippen molar-refractivity contribution in [1.29, 1.82) is 0 Å². The Morgan fingerprint density at radius 3 is 2.00 bits per heavy atom. The largest absolute Gasteiger partial charge is 0.573 e. The molecule has 1 aromatic heterocycles. The second-order valence-electron chi connectivity index (χ2n) is 9.71. The van der Waals surface area contributed by atoms with Crippen LogP contribution in [0.25, 0.3) is 11.1 Å². The zero-order chi connectivity index (χ0) is 29.6. The molecule has 1 amide bonds. The topological polar surface area (TPSA) is 72.9 Å². The third-order valence-corrected chi connectivity index (χ3v) is 6.76. The lowest BCUT2D eigenvalue weighted by molar-refractivity contribution is -0.274. The van der Waals surface area contributed by atoms with Gasteiger partial charge in [0.1, 0.15) is 17.2 Å². The van der Waals surface area contributed by atoms with Gasteiger partial charge in [-0.1, -0.05) is 26.0 Å². The zero-order valence-electron chi connectivity index (χ0n) is 23.6. The number of nitrogens with one attached hydrogen (secondary N) is 1. The molecule has 41 heavy (non-hydrogen) atoms. The SMILES string of the molecule is Cc1nc(C)c(-c2ccc(Oc3ccc(OC(F)(F)F)cc3)cc2)c(OC(=O)N(CCNC(C)C)C(C)C)c1Br.Cl. The molecule has 2 aromatic carbocycles.